The first-order chi connectivity index (χ1) is 19.5. The highest BCUT2D eigenvalue weighted by molar-refractivity contribution is 14.1. The van der Waals surface area contributed by atoms with Crippen molar-refractivity contribution in [1.29, 1.82) is 0 Å². The predicted octanol–water partition coefficient (Wildman–Crippen LogP) is 7.36. The van der Waals surface area contributed by atoms with Gasteiger partial charge in [0.15, 0.2) is 5.13 Å². The number of likely N-dealkylation sites (tertiary alicyclic amines) is 1. The lowest BCUT2D eigenvalue weighted by Gasteiger charge is -2.14. The number of halogens is 2. The summed E-state index contributed by atoms with van der Waals surface area (Å²) < 4.78 is 17.0. The van der Waals surface area contributed by atoms with E-state index >= 15 is 0 Å². The molecule has 4 heterocycles. The normalized spacial score (nSPS) is 13.7. The van der Waals surface area contributed by atoms with Crippen molar-refractivity contribution in [2.24, 2.45) is 0 Å². The fraction of sp³-hybridized carbons (Fsp3) is 0.233. The summed E-state index contributed by atoms with van der Waals surface area (Å²) in [6, 6.07) is 14.4. The van der Waals surface area contributed by atoms with Gasteiger partial charge < -0.3 is 10.6 Å². The van der Waals surface area contributed by atoms with Gasteiger partial charge in [0.2, 0.25) is 0 Å². The Kier molecular flexibility index (Phi) is 7.81. The number of pyridine rings is 1. The van der Waals surface area contributed by atoms with Gasteiger partial charge in [-0.3, -0.25) is 14.1 Å². The first-order valence-electron chi connectivity index (χ1n) is 13.3. The van der Waals surface area contributed by atoms with Crippen molar-refractivity contribution >= 4 is 62.0 Å². The first-order valence-corrected chi connectivity index (χ1v) is 15.2. The Hall–Kier alpha value is -3.35. The number of amides is 1. The Bertz CT molecular complexity index is 1670. The molecule has 0 radical (unpaired) electrons. The van der Waals surface area contributed by atoms with Crippen LogP contribution >= 0.6 is 33.9 Å². The van der Waals surface area contributed by atoms with Gasteiger partial charge in [0.05, 0.1) is 17.6 Å². The van der Waals surface area contributed by atoms with E-state index in [0.717, 1.165) is 53.1 Å². The van der Waals surface area contributed by atoms with E-state index in [9.17, 15) is 9.18 Å². The second kappa shape index (κ2) is 11.6. The van der Waals surface area contributed by atoms with E-state index in [4.69, 9.17) is 4.98 Å². The highest BCUT2D eigenvalue weighted by atomic mass is 127. The minimum Gasteiger partial charge on any atom is -0.331 e. The van der Waals surface area contributed by atoms with E-state index in [1.54, 1.807) is 18.2 Å². The smallest absolute Gasteiger partial charge is 0.255 e. The third kappa shape index (κ3) is 5.61. The molecule has 0 bridgehead atoms. The molecule has 0 saturated carbocycles. The summed E-state index contributed by atoms with van der Waals surface area (Å²) in [5.41, 5.74) is 6.48. The molecule has 5 aromatic rings. The molecule has 2 aromatic carbocycles. The zero-order valence-corrected chi connectivity index (χ0v) is 24.9. The minimum absolute atomic E-state index is 0.194. The van der Waals surface area contributed by atoms with Crippen LogP contribution < -0.4 is 10.6 Å². The number of fused-ring (bicyclic) bond motifs is 1. The average molecular weight is 667 g/mol. The molecule has 1 saturated heterocycles. The van der Waals surface area contributed by atoms with E-state index in [2.05, 4.69) is 43.2 Å². The molecular weight excluding hydrogens is 638 g/mol. The third-order valence-electron chi connectivity index (χ3n) is 7.13. The summed E-state index contributed by atoms with van der Waals surface area (Å²) >= 11 is 3.54. The predicted molar refractivity (Wildman–Crippen MR) is 167 cm³/mol. The Labute approximate surface area is 249 Å². The van der Waals surface area contributed by atoms with Crippen LogP contribution in [0.15, 0.2) is 66.3 Å². The second-order valence-electron chi connectivity index (χ2n) is 9.83. The molecule has 0 atom stereocenters. The van der Waals surface area contributed by atoms with Crippen LogP contribution in [-0.2, 0) is 13.0 Å². The molecule has 7 nitrogen and oxygen atoms in total. The van der Waals surface area contributed by atoms with Gasteiger partial charge in [0, 0.05) is 32.9 Å². The number of hydrogen-bond acceptors (Lipinski definition) is 6. The van der Waals surface area contributed by atoms with Crippen LogP contribution in [0, 0.1) is 9.39 Å². The maximum atomic E-state index is 14.2. The highest BCUT2D eigenvalue weighted by Crippen LogP contribution is 2.30. The van der Waals surface area contributed by atoms with Crippen LogP contribution in [0.3, 0.4) is 0 Å². The Morgan fingerprint density at radius 2 is 2.00 bits per heavy atom. The van der Waals surface area contributed by atoms with Crippen molar-refractivity contribution in [3.05, 3.63) is 92.4 Å². The van der Waals surface area contributed by atoms with Crippen LogP contribution in [0.5, 0.6) is 0 Å². The van der Waals surface area contributed by atoms with Gasteiger partial charge in [-0.25, -0.2) is 14.4 Å². The fourth-order valence-corrected chi connectivity index (χ4v) is 6.34. The van der Waals surface area contributed by atoms with Crippen molar-refractivity contribution in [2.75, 3.05) is 23.7 Å². The molecule has 40 heavy (non-hydrogen) atoms. The number of imidazole rings is 1. The molecule has 3 aromatic heterocycles. The van der Waals surface area contributed by atoms with Crippen LogP contribution in [0.1, 0.15) is 41.3 Å². The molecular formula is C30H28FIN6OS. The Morgan fingerprint density at radius 3 is 2.80 bits per heavy atom. The monoisotopic (exact) mass is 666 g/mol. The number of nitrogens with zero attached hydrogens (tertiary/aromatic N) is 4. The average Bonchev–Trinajstić information content (AvgIpc) is 3.72. The summed E-state index contributed by atoms with van der Waals surface area (Å²) in [6.45, 7) is 5.30. The van der Waals surface area contributed by atoms with E-state index in [1.807, 2.05) is 53.2 Å². The van der Waals surface area contributed by atoms with Gasteiger partial charge in [0.1, 0.15) is 17.2 Å². The number of nitrogens with one attached hydrogen (secondary N) is 2. The van der Waals surface area contributed by atoms with Gasteiger partial charge in [-0.1, -0.05) is 19.1 Å². The standard InChI is InChI=1S/C30H28FIN6OS/c1-2-20-14-21(29(39)36-28-22(31)6-5-7-23(28)32)9-10-24(20)34-30-35-25(18-40-30)26-15-33-27-11-8-19(17-38(26)27)16-37-12-3-4-13-37/h5-11,14-15,17-18H,2-4,12-13,16H2,1H3,(H,34,35)(H,36,39). The van der Waals surface area contributed by atoms with Crippen molar-refractivity contribution in [3.8, 4) is 11.4 Å². The van der Waals surface area contributed by atoms with Gasteiger partial charge in [-0.2, -0.15) is 0 Å². The van der Waals surface area contributed by atoms with Gasteiger partial charge in [0.25, 0.3) is 5.91 Å². The summed E-state index contributed by atoms with van der Waals surface area (Å²) in [6.07, 6.45) is 7.30. The molecule has 1 aliphatic heterocycles. The molecule has 0 aliphatic carbocycles. The van der Waals surface area contributed by atoms with Crippen molar-refractivity contribution in [2.45, 2.75) is 32.7 Å². The SMILES string of the molecule is CCc1cc(C(=O)Nc2c(F)cccc2I)ccc1Nc1nc(-c2cnc3ccc(CN4CCCC4)cn23)cs1. The first kappa shape index (κ1) is 26.9. The van der Waals surface area contributed by atoms with Gasteiger partial charge in [-0.05, 0) is 102 Å². The maximum absolute atomic E-state index is 14.2. The van der Waals surface area contributed by atoms with Gasteiger partial charge >= 0.3 is 0 Å². The quantitative estimate of drug-likeness (QED) is 0.170. The highest BCUT2D eigenvalue weighted by Gasteiger charge is 2.16. The van der Waals surface area contributed by atoms with Crippen LogP contribution in [0.25, 0.3) is 17.0 Å². The number of anilines is 3. The number of aryl methyl sites for hydroxylation is 1. The zero-order valence-electron chi connectivity index (χ0n) is 22.0. The molecule has 204 valence electrons. The number of para-hydroxylation sites is 1. The Balaban J connectivity index is 1.20. The van der Waals surface area contributed by atoms with Crippen molar-refractivity contribution in [3.63, 3.8) is 0 Å². The molecule has 1 fully saturated rings. The lowest BCUT2D eigenvalue weighted by atomic mass is 10.1. The van der Waals surface area contributed by atoms with E-state index in [-0.39, 0.29) is 11.6 Å². The second-order valence-corrected chi connectivity index (χ2v) is 11.9. The van der Waals surface area contributed by atoms with Crippen LogP contribution in [0.2, 0.25) is 0 Å². The molecule has 2 N–H and O–H groups in total. The summed E-state index contributed by atoms with van der Waals surface area (Å²) in [4.78, 5) is 24.8. The van der Waals surface area contributed by atoms with E-state index < -0.39 is 5.82 Å². The molecule has 1 amide bonds. The van der Waals surface area contributed by atoms with Crippen molar-refractivity contribution < 1.29 is 9.18 Å². The number of hydrogen-bond donors (Lipinski definition) is 2. The summed E-state index contributed by atoms with van der Waals surface area (Å²) in [7, 11) is 0. The van der Waals surface area contributed by atoms with Gasteiger partial charge in [-0.15, -0.1) is 11.3 Å². The van der Waals surface area contributed by atoms with Crippen LogP contribution in [-0.4, -0.2) is 38.3 Å². The third-order valence-corrected chi connectivity index (χ3v) is 8.79. The molecule has 0 spiro atoms. The maximum Gasteiger partial charge on any atom is 0.255 e. The molecule has 0 unspecified atom stereocenters. The number of rotatable bonds is 8. The topological polar surface area (TPSA) is 74.6 Å². The number of aromatic nitrogens is 3. The number of carbonyl (C=O) groups excluding carboxylic acids is 1. The summed E-state index contributed by atoms with van der Waals surface area (Å²) in [5.74, 6) is -0.805. The van der Waals surface area contributed by atoms with E-state index in [1.165, 1.54) is 35.8 Å². The molecule has 10 heteroatoms. The molecule has 1 aliphatic rings. The summed E-state index contributed by atoms with van der Waals surface area (Å²) in [5, 5.41) is 8.92. The van der Waals surface area contributed by atoms with Crippen LogP contribution in [0.4, 0.5) is 20.9 Å². The number of benzene rings is 2. The van der Waals surface area contributed by atoms with E-state index in [0.29, 0.717) is 15.6 Å². The fourth-order valence-electron chi connectivity index (χ4n) is 5.02. The van der Waals surface area contributed by atoms with Crippen molar-refractivity contribution in [1.82, 2.24) is 19.3 Å². The molecule has 6 rings (SSSR count). The lowest BCUT2D eigenvalue weighted by Crippen LogP contribution is -2.18. The number of carbonyl (C=O) groups is 1. The largest absolute Gasteiger partial charge is 0.331 e. The lowest BCUT2D eigenvalue weighted by molar-refractivity contribution is 0.102. The minimum atomic E-state index is -0.456. The zero-order chi connectivity index (χ0) is 27.6. The number of thiazole rings is 1. The Morgan fingerprint density at radius 1 is 1.15 bits per heavy atom.